The Morgan fingerprint density at radius 1 is 1.08 bits per heavy atom. The molecule has 0 fully saturated rings. The molecule has 8 nitrogen and oxygen atoms in total. The number of amides is 1. The third kappa shape index (κ3) is 3.98. The van der Waals surface area contributed by atoms with Crippen molar-refractivity contribution in [3.8, 4) is 0 Å². The number of rotatable bonds is 5. The van der Waals surface area contributed by atoms with E-state index in [9.17, 15) is 4.79 Å². The van der Waals surface area contributed by atoms with E-state index in [-0.39, 0.29) is 11.5 Å². The highest BCUT2D eigenvalue weighted by Crippen LogP contribution is 2.24. The molecule has 0 unspecified atom stereocenters. The van der Waals surface area contributed by atoms with E-state index in [0.717, 1.165) is 5.69 Å². The van der Waals surface area contributed by atoms with E-state index in [1.54, 1.807) is 30.3 Å². The first-order valence-electron chi connectivity index (χ1n) is 7.66. The second-order valence-electron chi connectivity index (χ2n) is 5.33. The van der Waals surface area contributed by atoms with Gasteiger partial charge in [-0.05, 0) is 31.2 Å². The van der Waals surface area contributed by atoms with Crippen LogP contribution in [0.5, 0.6) is 0 Å². The predicted molar refractivity (Wildman–Crippen MR) is 101 cm³/mol. The van der Waals surface area contributed by atoms with E-state index >= 15 is 0 Å². The highest BCUT2D eigenvalue weighted by Gasteiger charge is 2.12. The molecule has 3 aromatic rings. The van der Waals surface area contributed by atoms with Crippen molar-refractivity contribution in [1.82, 2.24) is 20.4 Å². The van der Waals surface area contributed by atoms with Gasteiger partial charge in [-0.15, -0.1) is 0 Å². The van der Waals surface area contributed by atoms with Crippen LogP contribution in [0.2, 0.25) is 5.02 Å². The number of halogens is 1. The van der Waals surface area contributed by atoms with E-state index in [1.807, 2.05) is 19.1 Å². The molecule has 0 aliphatic carbocycles. The molecule has 0 atom stereocenters. The molecule has 0 spiro atoms. The molecular weight excluding hydrogens is 354 g/mol. The fourth-order valence-corrected chi connectivity index (χ4v) is 2.38. The molecule has 26 heavy (non-hydrogen) atoms. The van der Waals surface area contributed by atoms with Crippen molar-refractivity contribution in [2.75, 3.05) is 16.5 Å². The monoisotopic (exact) mass is 369 g/mol. The lowest BCUT2D eigenvalue weighted by Gasteiger charge is -2.13. The van der Waals surface area contributed by atoms with E-state index in [0.29, 0.717) is 22.2 Å². The topological polar surface area (TPSA) is 118 Å². The zero-order valence-electron chi connectivity index (χ0n) is 13.8. The van der Waals surface area contributed by atoms with Crippen molar-refractivity contribution >= 4 is 40.6 Å². The van der Waals surface area contributed by atoms with Crippen molar-refractivity contribution in [1.29, 1.82) is 0 Å². The highest BCUT2D eigenvalue weighted by atomic mass is 35.5. The zero-order valence-corrected chi connectivity index (χ0v) is 14.6. The number of nitrogen functional groups attached to an aromatic ring is 1. The van der Waals surface area contributed by atoms with E-state index < -0.39 is 5.91 Å². The summed E-state index contributed by atoms with van der Waals surface area (Å²) < 4.78 is 0. The molecule has 0 radical (unpaired) electrons. The molecule has 5 N–H and O–H groups in total. The Bertz CT molecular complexity index is 948. The van der Waals surface area contributed by atoms with E-state index in [4.69, 9.17) is 17.3 Å². The normalized spacial score (nSPS) is 10.2. The van der Waals surface area contributed by atoms with Crippen LogP contribution in [0.1, 0.15) is 16.1 Å². The van der Waals surface area contributed by atoms with Crippen LogP contribution >= 0.6 is 11.6 Å². The molecule has 0 aliphatic heterocycles. The number of benzene rings is 1. The van der Waals surface area contributed by atoms with Gasteiger partial charge in [0.25, 0.3) is 5.91 Å². The maximum atomic E-state index is 12.2. The Kier molecular flexibility index (Phi) is 5.14. The van der Waals surface area contributed by atoms with Crippen LogP contribution in [0.3, 0.4) is 0 Å². The number of anilines is 4. The summed E-state index contributed by atoms with van der Waals surface area (Å²) in [5.74, 6) is 0.799. The summed E-state index contributed by atoms with van der Waals surface area (Å²) in [4.78, 5) is 24.7. The molecule has 2 aromatic heterocycles. The first-order chi connectivity index (χ1) is 12.5. The first-order valence-corrected chi connectivity index (χ1v) is 8.04. The summed E-state index contributed by atoms with van der Waals surface area (Å²) >= 11 is 6.00. The molecule has 0 saturated carbocycles. The van der Waals surface area contributed by atoms with Gasteiger partial charge in [0, 0.05) is 5.69 Å². The average molecular weight is 370 g/mol. The van der Waals surface area contributed by atoms with Gasteiger partial charge in [-0.3, -0.25) is 15.6 Å². The van der Waals surface area contributed by atoms with Gasteiger partial charge >= 0.3 is 0 Å². The highest BCUT2D eigenvalue weighted by molar-refractivity contribution is 6.33. The Labute approximate surface area is 154 Å². The Hall–Kier alpha value is -3.39. The molecule has 1 amide bonds. The predicted octanol–water partition coefficient (Wildman–Crippen LogP) is 2.92. The number of nitrogens with zero attached hydrogens (tertiary/aromatic N) is 3. The van der Waals surface area contributed by atoms with Gasteiger partial charge in [0.2, 0.25) is 0 Å². The standard InChI is InChI=1S/C17H16ClN7O/c1-10-5-4-8-13(22-10)23-15-14(19)16(21-9-20-15)24-25-17(26)11-6-2-3-7-12(11)18/h2-9H,19H2,1H3,(H,25,26)(H2,20,21,22,23,24). The molecular formula is C17H16ClN7O. The molecule has 3 rings (SSSR count). The van der Waals surface area contributed by atoms with Crippen molar-refractivity contribution < 1.29 is 4.79 Å². The van der Waals surface area contributed by atoms with Crippen molar-refractivity contribution in [2.45, 2.75) is 6.92 Å². The lowest BCUT2D eigenvalue weighted by Crippen LogP contribution is -2.30. The molecule has 9 heteroatoms. The zero-order chi connectivity index (χ0) is 18.5. The number of hydrogen-bond donors (Lipinski definition) is 4. The Morgan fingerprint density at radius 3 is 2.62 bits per heavy atom. The molecule has 0 bridgehead atoms. The third-order valence-corrected chi connectivity index (χ3v) is 3.76. The van der Waals surface area contributed by atoms with Crippen molar-refractivity contribution in [3.63, 3.8) is 0 Å². The first kappa shape index (κ1) is 17.4. The smallest absolute Gasteiger partial charge is 0.271 e. The summed E-state index contributed by atoms with van der Waals surface area (Å²) in [6, 6.07) is 12.2. The van der Waals surface area contributed by atoms with Gasteiger partial charge in [0.15, 0.2) is 11.6 Å². The van der Waals surface area contributed by atoms with Crippen LogP contribution in [0, 0.1) is 6.92 Å². The third-order valence-electron chi connectivity index (χ3n) is 3.43. The van der Waals surface area contributed by atoms with Gasteiger partial charge in [0.1, 0.15) is 17.8 Å². The minimum Gasteiger partial charge on any atom is -0.393 e. The quantitative estimate of drug-likeness (QED) is 0.510. The Balaban J connectivity index is 1.73. The molecule has 0 aliphatic rings. The number of carbonyl (C=O) groups excluding carboxylic acids is 1. The fourth-order valence-electron chi connectivity index (χ4n) is 2.16. The second-order valence-corrected chi connectivity index (χ2v) is 5.74. The van der Waals surface area contributed by atoms with Gasteiger partial charge in [-0.2, -0.15) is 0 Å². The van der Waals surface area contributed by atoms with E-state index in [2.05, 4.69) is 31.1 Å². The van der Waals surface area contributed by atoms with Gasteiger partial charge in [-0.25, -0.2) is 15.0 Å². The SMILES string of the molecule is Cc1cccc(Nc2ncnc(NNC(=O)c3ccccc3Cl)c2N)n1. The number of hydrogen-bond acceptors (Lipinski definition) is 7. The van der Waals surface area contributed by atoms with Crippen molar-refractivity contribution in [2.24, 2.45) is 0 Å². The number of aryl methyl sites for hydroxylation is 1. The molecule has 1 aromatic carbocycles. The summed E-state index contributed by atoms with van der Waals surface area (Å²) in [6.07, 6.45) is 1.32. The van der Waals surface area contributed by atoms with Crippen LogP contribution in [0.4, 0.5) is 23.1 Å². The number of nitrogens with two attached hydrogens (primary N) is 1. The van der Waals surface area contributed by atoms with Crippen LogP contribution in [0.25, 0.3) is 0 Å². The van der Waals surface area contributed by atoms with Gasteiger partial charge in [0.05, 0.1) is 10.6 Å². The van der Waals surface area contributed by atoms with Crippen LogP contribution < -0.4 is 21.9 Å². The summed E-state index contributed by atoms with van der Waals surface area (Å²) in [7, 11) is 0. The van der Waals surface area contributed by atoms with E-state index in [1.165, 1.54) is 6.33 Å². The Morgan fingerprint density at radius 2 is 1.85 bits per heavy atom. The average Bonchev–Trinajstić information content (AvgIpc) is 2.62. The lowest BCUT2D eigenvalue weighted by atomic mass is 10.2. The summed E-state index contributed by atoms with van der Waals surface area (Å²) in [5, 5.41) is 3.36. The lowest BCUT2D eigenvalue weighted by molar-refractivity contribution is 0.0962. The maximum absolute atomic E-state index is 12.2. The summed E-state index contributed by atoms with van der Waals surface area (Å²) in [6.45, 7) is 1.88. The number of carbonyl (C=O) groups is 1. The molecule has 132 valence electrons. The number of hydrazine groups is 1. The van der Waals surface area contributed by atoms with Crippen LogP contribution in [-0.4, -0.2) is 20.9 Å². The maximum Gasteiger partial charge on any atom is 0.271 e. The minimum atomic E-state index is -0.413. The van der Waals surface area contributed by atoms with Crippen molar-refractivity contribution in [3.05, 3.63) is 65.1 Å². The fraction of sp³-hybridized carbons (Fsp3) is 0.0588. The number of nitrogens with one attached hydrogen (secondary N) is 3. The number of pyridine rings is 1. The van der Waals surface area contributed by atoms with Gasteiger partial charge < -0.3 is 11.1 Å². The summed E-state index contributed by atoms with van der Waals surface area (Å²) in [5.41, 5.74) is 12.7. The molecule has 2 heterocycles. The minimum absolute atomic E-state index is 0.232. The molecule has 0 saturated heterocycles. The van der Waals surface area contributed by atoms with Crippen LogP contribution in [-0.2, 0) is 0 Å². The van der Waals surface area contributed by atoms with Gasteiger partial charge in [-0.1, -0.05) is 29.8 Å². The second kappa shape index (κ2) is 7.66. The largest absolute Gasteiger partial charge is 0.393 e. The number of aromatic nitrogens is 3. The van der Waals surface area contributed by atoms with Crippen LogP contribution in [0.15, 0.2) is 48.8 Å².